The highest BCUT2D eigenvalue weighted by atomic mass is 16.6. The van der Waals surface area contributed by atoms with Crippen LogP contribution in [-0.2, 0) is 14.3 Å². The number of piperazine rings is 1. The number of carbonyl (C=O) groups excluding carboxylic acids is 3. The van der Waals surface area contributed by atoms with Crippen LogP contribution in [0.5, 0.6) is 0 Å². The van der Waals surface area contributed by atoms with E-state index in [1.54, 1.807) is 4.90 Å². The number of ether oxygens (including phenoxy) is 1. The summed E-state index contributed by atoms with van der Waals surface area (Å²) < 4.78 is 5.49. The average molecular weight is 430 g/mol. The van der Waals surface area contributed by atoms with Crippen molar-refractivity contribution < 1.29 is 19.1 Å². The van der Waals surface area contributed by atoms with Crippen LogP contribution < -0.4 is 5.32 Å². The third kappa shape index (κ3) is 3.47. The molecule has 2 bridgehead atoms. The number of hydrogen-bond donors (Lipinski definition) is 1. The fraction of sp³-hybridized carbons (Fsp3) is 0.727. The molecule has 5 aliphatic rings. The molecule has 2 saturated heterocycles. The van der Waals surface area contributed by atoms with Gasteiger partial charge in [-0.05, 0) is 39.0 Å². The van der Waals surface area contributed by atoms with Crippen LogP contribution in [0.3, 0.4) is 0 Å². The minimum absolute atomic E-state index is 0.00846. The highest BCUT2D eigenvalue weighted by Gasteiger charge is 2.59. The summed E-state index contributed by atoms with van der Waals surface area (Å²) in [5, 5.41) is 3.31. The first-order chi connectivity index (χ1) is 14.7. The van der Waals surface area contributed by atoms with Gasteiger partial charge in [-0.3, -0.25) is 19.5 Å². The minimum atomic E-state index is -0.508. The van der Waals surface area contributed by atoms with Gasteiger partial charge in [0, 0.05) is 32.7 Å². The molecule has 31 heavy (non-hydrogen) atoms. The molecule has 9 heteroatoms. The van der Waals surface area contributed by atoms with Crippen LogP contribution in [0.4, 0.5) is 4.79 Å². The predicted molar refractivity (Wildman–Crippen MR) is 113 cm³/mol. The van der Waals surface area contributed by atoms with Gasteiger partial charge in [0.05, 0.1) is 24.4 Å². The normalized spacial score (nSPS) is 33.7. The van der Waals surface area contributed by atoms with Crippen molar-refractivity contribution in [3.05, 3.63) is 12.2 Å². The van der Waals surface area contributed by atoms with Crippen molar-refractivity contribution in [3.8, 4) is 0 Å². The number of amides is 3. The van der Waals surface area contributed by atoms with Crippen molar-refractivity contribution in [2.24, 2.45) is 28.7 Å². The van der Waals surface area contributed by atoms with Crippen LogP contribution in [-0.4, -0.2) is 89.5 Å². The van der Waals surface area contributed by atoms with Gasteiger partial charge in [-0.2, -0.15) is 0 Å². The topological polar surface area (TPSA) is 94.5 Å². The van der Waals surface area contributed by atoms with Crippen LogP contribution in [0, 0.1) is 23.7 Å². The number of hydrogen-bond acceptors (Lipinski definition) is 7. The fourth-order valence-electron chi connectivity index (χ4n) is 5.69. The largest absolute Gasteiger partial charge is 0.444 e. The number of allylic oxidation sites excluding steroid dienone is 2. The molecule has 0 aromatic heterocycles. The van der Waals surface area contributed by atoms with E-state index in [4.69, 9.17) is 4.74 Å². The highest BCUT2D eigenvalue weighted by molar-refractivity contribution is 6.06. The summed E-state index contributed by atoms with van der Waals surface area (Å²) in [5.74, 6) is 0.969. The third-order valence-electron chi connectivity index (χ3n) is 7.04. The molecule has 168 valence electrons. The van der Waals surface area contributed by atoms with Gasteiger partial charge < -0.3 is 19.9 Å². The first-order valence-corrected chi connectivity index (χ1v) is 11.3. The van der Waals surface area contributed by atoms with Gasteiger partial charge in [0.1, 0.15) is 5.60 Å². The van der Waals surface area contributed by atoms with Crippen LogP contribution >= 0.6 is 0 Å². The van der Waals surface area contributed by atoms with E-state index < -0.39 is 5.60 Å². The van der Waals surface area contributed by atoms with Gasteiger partial charge in [0.2, 0.25) is 11.8 Å². The number of fused-ring (bicyclic) bond motifs is 6. The molecule has 2 aliphatic carbocycles. The Morgan fingerprint density at radius 2 is 1.84 bits per heavy atom. The maximum absolute atomic E-state index is 12.8. The van der Waals surface area contributed by atoms with Crippen LogP contribution in [0.15, 0.2) is 17.1 Å². The molecule has 0 radical (unpaired) electrons. The Morgan fingerprint density at radius 3 is 2.48 bits per heavy atom. The minimum Gasteiger partial charge on any atom is -0.444 e. The number of guanidine groups is 1. The van der Waals surface area contributed by atoms with Crippen molar-refractivity contribution in [3.63, 3.8) is 0 Å². The Morgan fingerprint density at radius 1 is 1.16 bits per heavy atom. The number of likely N-dealkylation sites (tertiary alicyclic amines) is 1. The summed E-state index contributed by atoms with van der Waals surface area (Å²) in [6.45, 7) is 8.90. The number of imide groups is 1. The van der Waals surface area contributed by atoms with E-state index in [2.05, 4.69) is 27.4 Å². The molecule has 1 N–H and O–H groups in total. The van der Waals surface area contributed by atoms with E-state index in [1.807, 2.05) is 20.8 Å². The second kappa shape index (κ2) is 7.24. The zero-order chi connectivity index (χ0) is 21.9. The van der Waals surface area contributed by atoms with E-state index in [1.165, 1.54) is 4.90 Å². The van der Waals surface area contributed by atoms with Gasteiger partial charge >= 0.3 is 6.09 Å². The summed E-state index contributed by atoms with van der Waals surface area (Å²) in [6.07, 6.45) is 4.90. The lowest BCUT2D eigenvalue weighted by Crippen LogP contribution is -2.58. The molecule has 3 heterocycles. The van der Waals surface area contributed by atoms with Gasteiger partial charge in [-0.15, -0.1) is 0 Å². The van der Waals surface area contributed by atoms with Gasteiger partial charge in [0.25, 0.3) is 0 Å². The quantitative estimate of drug-likeness (QED) is 0.524. The van der Waals surface area contributed by atoms with Crippen LogP contribution in [0.1, 0.15) is 27.2 Å². The van der Waals surface area contributed by atoms with E-state index >= 15 is 0 Å². The molecule has 0 aromatic rings. The molecular formula is C22H31N5O4. The zero-order valence-corrected chi connectivity index (χ0v) is 18.4. The van der Waals surface area contributed by atoms with E-state index in [0.29, 0.717) is 39.3 Å². The van der Waals surface area contributed by atoms with Crippen LogP contribution in [0.2, 0.25) is 0 Å². The Hall–Kier alpha value is -2.58. The van der Waals surface area contributed by atoms with Crippen molar-refractivity contribution in [1.82, 2.24) is 20.0 Å². The zero-order valence-electron chi connectivity index (χ0n) is 18.4. The summed E-state index contributed by atoms with van der Waals surface area (Å²) in [7, 11) is 0. The molecule has 3 aliphatic heterocycles. The first-order valence-electron chi connectivity index (χ1n) is 11.3. The van der Waals surface area contributed by atoms with Crippen molar-refractivity contribution >= 4 is 23.9 Å². The predicted octanol–water partition coefficient (Wildman–Crippen LogP) is 0.674. The number of nitrogens with zero attached hydrogens (tertiary/aromatic N) is 4. The summed E-state index contributed by atoms with van der Waals surface area (Å²) in [6, 6.07) is 0.125. The Balaban J connectivity index is 1.11. The summed E-state index contributed by atoms with van der Waals surface area (Å²) in [5.41, 5.74) is -0.508. The lowest BCUT2D eigenvalue weighted by atomic mass is 9.85. The molecule has 3 amide bonds. The van der Waals surface area contributed by atoms with Crippen molar-refractivity contribution in [2.45, 2.75) is 38.8 Å². The van der Waals surface area contributed by atoms with Crippen molar-refractivity contribution in [1.29, 1.82) is 0 Å². The number of carbonyl (C=O) groups is 3. The van der Waals surface area contributed by atoms with E-state index in [0.717, 1.165) is 12.4 Å². The SMILES string of the molecule is CC(C)(C)OC(=O)N1CCN2C(NCCN3C(=O)C4C5C=CC(C5)C4C3=O)=NCC2C1. The lowest BCUT2D eigenvalue weighted by Gasteiger charge is -2.39. The maximum atomic E-state index is 12.8. The Bertz CT molecular complexity index is 832. The second-order valence-electron chi connectivity index (χ2n) is 10.2. The summed E-state index contributed by atoms with van der Waals surface area (Å²) in [4.78, 5) is 47.9. The highest BCUT2D eigenvalue weighted by Crippen LogP contribution is 2.52. The molecule has 0 aromatic carbocycles. The number of rotatable bonds is 3. The molecule has 5 rings (SSSR count). The molecular weight excluding hydrogens is 398 g/mol. The van der Waals surface area contributed by atoms with Gasteiger partial charge in [-0.1, -0.05) is 12.2 Å². The monoisotopic (exact) mass is 429 g/mol. The smallest absolute Gasteiger partial charge is 0.410 e. The number of nitrogens with one attached hydrogen (secondary N) is 1. The Labute approximate surface area is 182 Å². The maximum Gasteiger partial charge on any atom is 0.410 e. The van der Waals surface area contributed by atoms with E-state index in [-0.39, 0.29) is 47.6 Å². The van der Waals surface area contributed by atoms with Crippen molar-refractivity contribution in [2.75, 3.05) is 39.3 Å². The first kappa shape index (κ1) is 20.3. The molecule has 9 nitrogen and oxygen atoms in total. The molecule has 5 unspecified atom stereocenters. The number of aliphatic imine (C=N–C) groups is 1. The average Bonchev–Trinajstić information content (AvgIpc) is 3.46. The van der Waals surface area contributed by atoms with Gasteiger partial charge in [-0.25, -0.2) is 4.79 Å². The standard InChI is InChI=1S/C22H31N5O4/c1-22(2,3)31-21(30)25-8-9-26-15(12-25)11-24-20(26)23-6-7-27-18(28)16-13-4-5-14(10-13)17(16)19(27)29/h4-5,13-17H,6-12H2,1-3H3,(H,23,24). The third-order valence-corrected chi connectivity index (χ3v) is 7.04. The Kier molecular flexibility index (Phi) is 4.75. The molecule has 1 saturated carbocycles. The molecule has 0 spiro atoms. The lowest BCUT2D eigenvalue weighted by molar-refractivity contribution is -0.140. The second-order valence-corrected chi connectivity index (χ2v) is 10.2. The van der Waals surface area contributed by atoms with E-state index in [9.17, 15) is 14.4 Å². The van der Waals surface area contributed by atoms with Crippen LogP contribution in [0.25, 0.3) is 0 Å². The molecule has 3 fully saturated rings. The molecule has 5 atom stereocenters. The van der Waals surface area contributed by atoms with Gasteiger partial charge in [0.15, 0.2) is 5.96 Å². The summed E-state index contributed by atoms with van der Waals surface area (Å²) >= 11 is 0. The fourth-order valence-corrected chi connectivity index (χ4v) is 5.69.